The molecule has 6 nitrogen and oxygen atoms in total. The van der Waals surface area contributed by atoms with E-state index in [0.717, 1.165) is 23.4 Å². The van der Waals surface area contributed by atoms with Gasteiger partial charge in [-0.25, -0.2) is 0 Å². The third kappa shape index (κ3) is 6.77. The van der Waals surface area contributed by atoms with E-state index in [1.807, 2.05) is 32.0 Å². The number of halogens is 3. The second-order valence-corrected chi connectivity index (χ2v) is 9.61. The van der Waals surface area contributed by atoms with Crippen LogP contribution in [0.3, 0.4) is 0 Å². The number of pyridine rings is 1. The highest BCUT2D eigenvalue weighted by Gasteiger charge is 2.33. The maximum Gasteiger partial charge on any atom is 0.416 e. The molecule has 0 bridgehead atoms. The van der Waals surface area contributed by atoms with Crippen molar-refractivity contribution in [2.45, 2.75) is 51.2 Å². The number of nitrogens with zero attached hydrogens (tertiary/aromatic N) is 3. The lowest BCUT2D eigenvalue weighted by molar-refractivity contribution is -0.137. The highest BCUT2D eigenvalue weighted by molar-refractivity contribution is 5.94. The topological polar surface area (TPSA) is 78.2 Å². The van der Waals surface area contributed by atoms with Crippen molar-refractivity contribution in [1.82, 2.24) is 15.2 Å². The molecular weight excluding hydrogens is 493 g/mol. The summed E-state index contributed by atoms with van der Waals surface area (Å²) < 4.78 is 45.2. The number of carbonyl (C=O) groups excluding carboxylic acids is 1. The van der Waals surface area contributed by atoms with Gasteiger partial charge in [0.15, 0.2) is 0 Å². The molecule has 1 aliphatic rings. The lowest BCUT2D eigenvalue weighted by atomic mass is 9.97. The highest BCUT2D eigenvalue weighted by Crippen LogP contribution is 2.34. The summed E-state index contributed by atoms with van der Waals surface area (Å²) in [6.45, 7) is 5.42. The van der Waals surface area contributed by atoms with E-state index in [-0.39, 0.29) is 24.1 Å². The molecule has 1 aromatic heterocycles. The molecule has 1 aliphatic heterocycles. The third-order valence-electron chi connectivity index (χ3n) is 6.48. The molecule has 1 amide bonds. The molecule has 1 N–H and O–H groups in total. The predicted molar refractivity (Wildman–Crippen MR) is 136 cm³/mol. The van der Waals surface area contributed by atoms with Crippen LogP contribution in [0.25, 0.3) is 0 Å². The molecular formula is C29H29F3N4O2. The number of carbonyl (C=O) groups is 1. The maximum atomic E-state index is 13.2. The van der Waals surface area contributed by atoms with Crippen LogP contribution in [0.5, 0.6) is 0 Å². The molecule has 3 aromatic rings. The zero-order valence-electron chi connectivity index (χ0n) is 21.2. The number of likely N-dealkylation sites (tertiary alicyclic amines) is 1. The van der Waals surface area contributed by atoms with Gasteiger partial charge in [-0.05, 0) is 73.9 Å². The van der Waals surface area contributed by atoms with Crippen LogP contribution in [-0.2, 0) is 17.5 Å². The number of hydrogen-bond acceptors (Lipinski definition) is 5. The van der Waals surface area contributed by atoms with Crippen molar-refractivity contribution in [2.24, 2.45) is 0 Å². The van der Waals surface area contributed by atoms with E-state index in [2.05, 4.69) is 15.2 Å². The minimum atomic E-state index is -4.41. The molecule has 9 heteroatoms. The Morgan fingerprint density at radius 2 is 1.79 bits per heavy atom. The van der Waals surface area contributed by atoms with E-state index in [0.29, 0.717) is 42.8 Å². The fourth-order valence-corrected chi connectivity index (χ4v) is 4.51. The Hall–Kier alpha value is -3.74. The number of amides is 1. The van der Waals surface area contributed by atoms with Crippen molar-refractivity contribution < 1.29 is 22.7 Å². The number of rotatable bonds is 8. The molecule has 2 unspecified atom stereocenters. The molecule has 2 atom stereocenters. The summed E-state index contributed by atoms with van der Waals surface area (Å²) >= 11 is 0. The summed E-state index contributed by atoms with van der Waals surface area (Å²) in [5, 5.41) is 12.0. The first kappa shape index (κ1) is 27.3. The van der Waals surface area contributed by atoms with Gasteiger partial charge in [0, 0.05) is 30.9 Å². The molecule has 2 aromatic carbocycles. The monoisotopic (exact) mass is 522 g/mol. The predicted octanol–water partition coefficient (Wildman–Crippen LogP) is 5.49. The van der Waals surface area contributed by atoms with E-state index < -0.39 is 11.7 Å². The second-order valence-electron chi connectivity index (χ2n) is 9.61. The largest absolute Gasteiger partial charge is 0.416 e. The molecule has 4 rings (SSSR count). The minimum Gasteiger partial charge on any atom is -0.373 e. The fraction of sp³-hybridized carbons (Fsp3) is 0.345. The van der Waals surface area contributed by atoms with Gasteiger partial charge in [-0.3, -0.25) is 14.7 Å². The van der Waals surface area contributed by atoms with Gasteiger partial charge < -0.3 is 10.1 Å². The van der Waals surface area contributed by atoms with Gasteiger partial charge in [-0.1, -0.05) is 18.2 Å². The molecule has 1 saturated heterocycles. The van der Waals surface area contributed by atoms with Crippen LogP contribution in [0.15, 0.2) is 66.9 Å². The van der Waals surface area contributed by atoms with Crippen molar-refractivity contribution in [3.63, 3.8) is 0 Å². The fourth-order valence-electron chi connectivity index (χ4n) is 4.51. The van der Waals surface area contributed by atoms with Gasteiger partial charge in [0.05, 0.1) is 41.6 Å². The van der Waals surface area contributed by atoms with Crippen molar-refractivity contribution in [2.75, 3.05) is 13.1 Å². The Morgan fingerprint density at radius 3 is 2.37 bits per heavy atom. The Morgan fingerprint density at radius 1 is 1.11 bits per heavy atom. The van der Waals surface area contributed by atoms with E-state index in [9.17, 15) is 18.0 Å². The second kappa shape index (κ2) is 11.8. The normalized spacial score (nSPS) is 16.8. The number of hydrogen-bond donors (Lipinski definition) is 1. The molecule has 0 aliphatic carbocycles. The van der Waals surface area contributed by atoms with Gasteiger partial charge in [0.25, 0.3) is 5.91 Å². The molecule has 0 saturated carbocycles. The summed E-state index contributed by atoms with van der Waals surface area (Å²) in [5.74, 6) is -0.233. The summed E-state index contributed by atoms with van der Waals surface area (Å²) in [4.78, 5) is 19.4. The summed E-state index contributed by atoms with van der Waals surface area (Å²) in [7, 11) is 0. The Kier molecular flexibility index (Phi) is 8.45. The standard InChI is InChI=1S/C29H29F3N4O2/c1-19(2)38-18-26-12-9-23(16-34-26)27(21-7-10-24(11-8-21)29(30,31)32)36-14-13-25(17-36)35-28(37)22-5-3-20(15-33)4-6-22/h3-12,16,19,25,27H,13-14,17-18H2,1-2H3,(H,35,37). The number of alkyl halides is 3. The van der Waals surface area contributed by atoms with E-state index >= 15 is 0 Å². The van der Waals surface area contributed by atoms with Crippen LogP contribution in [0.1, 0.15) is 64.6 Å². The van der Waals surface area contributed by atoms with Gasteiger partial charge >= 0.3 is 6.18 Å². The number of nitrogens with one attached hydrogen (secondary N) is 1. The average molecular weight is 523 g/mol. The zero-order chi connectivity index (χ0) is 27.3. The molecule has 38 heavy (non-hydrogen) atoms. The van der Waals surface area contributed by atoms with E-state index in [4.69, 9.17) is 10.00 Å². The van der Waals surface area contributed by atoms with Crippen LogP contribution >= 0.6 is 0 Å². The SMILES string of the molecule is CC(C)OCc1ccc(C(c2ccc(C(F)(F)F)cc2)N2CCC(NC(=O)c3ccc(C#N)cc3)C2)cn1. The summed E-state index contributed by atoms with van der Waals surface area (Å²) in [6, 6.07) is 17.0. The molecule has 198 valence electrons. The first-order valence-corrected chi connectivity index (χ1v) is 12.4. The molecule has 1 fully saturated rings. The van der Waals surface area contributed by atoms with Gasteiger partial charge in [0.1, 0.15) is 0 Å². The van der Waals surface area contributed by atoms with Crippen molar-refractivity contribution in [1.29, 1.82) is 5.26 Å². The van der Waals surface area contributed by atoms with Crippen LogP contribution in [0.2, 0.25) is 0 Å². The van der Waals surface area contributed by atoms with Crippen LogP contribution in [-0.4, -0.2) is 41.0 Å². The molecule has 0 spiro atoms. The average Bonchev–Trinajstić information content (AvgIpc) is 3.36. The molecule has 0 radical (unpaired) electrons. The Bertz CT molecular complexity index is 1270. The Balaban J connectivity index is 1.53. The van der Waals surface area contributed by atoms with E-state index in [1.54, 1.807) is 30.5 Å². The van der Waals surface area contributed by atoms with Crippen LogP contribution < -0.4 is 5.32 Å². The van der Waals surface area contributed by atoms with Crippen molar-refractivity contribution >= 4 is 5.91 Å². The van der Waals surface area contributed by atoms with Gasteiger partial charge in [0.2, 0.25) is 0 Å². The maximum absolute atomic E-state index is 13.2. The van der Waals surface area contributed by atoms with Gasteiger partial charge in [-0.2, -0.15) is 18.4 Å². The lowest BCUT2D eigenvalue weighted by Gasteiger charge is -2.29. The number of ether oxygens (including phenoxy) is 1. The zero-order valence-corrected chi connectivity index (χ0v) is 21.2. The number of nitriles is 1. The van der Waals surface area contributed by atoms with Gasteiger partial charge in [-0.15, -0.1) is 0 Å². The highest BCUT2D eigenvalue weighted by atomic mass is 19.4. The van der Waals surface area contributed by atoms with Crippen LogP contribution in [0, 0.1) is 11.3 Å². The minimum absolute atomic E-state index is 0.0670. The lowest BCUT2D eigenvalue weighted by Crippen LogP contribution is -2.38. The first-order chi connectivity index (χ1) is 18.1. The van der Waals surface area contributed by atoms with Crippen LogP contribution in [0.4, 0.5) is 13.2 Å². The number of aromatic nitrogens is 1. The van der Waals surface area contributed by atoms with E-state index in [1.165, 1.54) is 12.1 Å². The molecule has 2 heterocycles. The summed E-state index contributed by atoms with van der Waals surface area (Å²) in [6.07, 6.45) is -1.92. The van der Waals surface area contributed by atoms with Crippen molar-refractivity contribution in [3.8, 4) is 6.07 Å². The number of benzene rings is 2. The first-order valence-electron chi connectivity index (χ1n) is 12.4. The van der Waals surface area contributed by atoms with Crippen molar-refractivity contribution in [3.05, 3.63) is 100 Å². The Labute approximate surface area is 220 Å². The summed E-state index contributed by atoms with van der Waals surface area (Å²) in [5.41, 5.74) is 2.56. The quantitative estimate of drug-likeness (QED) is 0.423. The smallest absolute Gasteiger partial charge is 0.373 e. The third-order valence-corrected chi connectivity index (χ3v) is 6.48.